The van der Waals surface area contributed by atoms with Crippen molar-refractivity contribution in [2.75, 3.05) is 25.4 Å². The van der Waals surface area contributed by atoms with E-state index in [4.69, 9.17) is 16.2 Å². The minimum absolute atomic E-state index is 0.0904. The Hall–Kier alpha value is -1.79. The quantitative estimate of drug-likeness (QED) is 0.736. The molecule has 1 saturated heterocycles. The van der Waals surface area contributed by atoms with Crippen molar-refractivity contribution in [2.24, 2.45) is 5.73 Å². The van der Waals surface area contributed by atoms with Crippen LogP contribution in [0, 0.1) is 0 Å². The Morgan fingerprint density at radius 1 is 1.39 bits per heavy atom. The Labute approximate surface area is 138 Å². The summed E-state index contributed by atoms with van der Waals surface area (Å²) in [6, 6.07) is 8.05. The average molecular weight is 320 g/mol. The Kier molecular flexibility index (Phi) is 5.49. The Morgan fingerprint density at radius 3 is 2.61 bits per heavy atom. The van der Waals surface area contributed by atoms with Crippen molar-refractivity contribution in [3.63, 3.8) is 0 Å². The summed E-state index contributed by atoms with van der Waals surface area (Å²) in [6.45, 7) is 7.78. The van der Waals surface area contributed by atoms with Gasteiger partial charge < -0.3 is 21.5 Å². The van der Waals surface area contributed by atoms with Crippen LogP contribution >= 0.6 is 0 Å². The van der Waals surface area contributed by atoms with E-state index in [0.717, 1.165) is 30.8 Å². The third-order valence-corrected chi connectivity index (χ3v) is 3.93. The average Bonchev–Trinajstić information content (AvgIpc) is 2.87. The number of carbonyl (C=O) groups excluding carboxylic acids is 1. The molecule has 0 aromatic heterocycles. The number of rotatable bonds is 4. The minimum atomic E-state index is -0.480. The fourth-order valence-electron chi connectivity index (χ4n) is 2.88. The minimum Gasteiger partial charge on any atom is -0.444 e. The molecule has 5 N–H and O–H groups in total. The first-order valence-electron chi connectivity index (χ1n) is 8.07. The van der Waals surface area contributed by atoms with Crippen LogP contribution in [0.3, 0.4) is 0 Å². The van der Waals surface area contributed by atoms with Gasteiger partial charge in [0.05, 0.1) is 0 Å². The lowest BCUT2D eigenvalue weighted by atomic mass is 10.1. The van der Waals surface area contributed by atoms with Crippen LogP contribution in [0.2, 0.25) is 0 Å². The summed E-state index contributed by atoms with van der Waals surface area (Å²) in [4.78, 5) is 14.2. The molecular formula is C17H28N4O2. The predicted molar refractivity (Wildman–Crippen MR) is 92.0 cm³/mol. The standard InChI is InChI=1S/C17H28N4O2/c1-17(2,3)23-16(22)20-14-8-9-21(11-14)15(10-18)12-4-6-13(19)7-5-12/h4-7,14-15H,8-11,18-19H2,1-3H3,(H,20,22)/t14-,15-/m0/s1. The molecule has 6 heteroatoms. The van der Waals surface area contributed by atoms with Gasteiger partial charge >= 0.3 is 6.09 Å². The van der Waals surface area contributed by atoms with E-state index in [1.54, 1.807) is 0 Å². The first-order chi connectivity index (χ1) is 10.8. The maximum absolute atomic E-state index is 11.9. The molecule has 1 fully saturated rings. The molecule has 0 bridgehead atoms. The van der Waals surface area contributed by atoms with Crippen LogP contribution in [0.4, 0.5) is 10.5 Å². The molecular weight excluding hydrogens is 292 g/mol. The van der Waals surface area contributed by atoms with Gasteiger partial charge in [-0.05, 0) is 44.9 Å². The number of likely N-dealkylation sites (tertiary alicyclic amines) is 1. The number of nitrogens with zero attached hydrogens (tertiary/aromatic N) is 1. The van der Waals surface area contributed by atoms with E-state index in [-0.39, 0.29) is 18.2 Å². The molecule has 1 aliphatic heterocycles. The number of carbonyl (C=O) groups is 1. The van der Waals surface area contributed by atoms with Crippen LogP contribution < -0.4 is 16.8 Å². The van der Waals surface area contributed by atoms with Crippen LogP contribution in [0.1, 0.15) is 38.8 Å². The summed E-state index contributed by atoms with van der Waals surface area (Å²) in [7, 11) is 0. The molecule has 0 spiro atoms. The van der Waals surface area contributed by atoms with Crippen molar-refractivity contribution in [3.05, 3.63) is 29.8 Å². The molecule has 1 aliphatic rings. The molecule has 6 nitrogen and oxygen atoms in total. The number of alkyl carbamates (subject to hydrolysis) is 1. The molecule has 0 saturated carbocycles. The maximum atomic E-state index is 11.9. The van der Waals surface area contributed by atoms with Gasteiger partial charge in [0.2, 0.25) is 0 Å². The number of hydrogen-bond donors (Lipinski definition) is 3. The van der Waals surface area contributed by atoms with Crippen molar-refractivity contribution < 1.29 is 9.53 Å². The maximum Gasteiger partial charge on any atom is 0.407 e. The van der Waals surface area contributed by atoms with Crippen molar-refractivity contribution in [1.82, 2.24) is 10.2 Å². The predicted octanol–water partition coefficient (Wildman–Crippen LogP) is 1.87. The Morgan fingerprint density at radius 2 is 2.04 bits per heavy atom. The first-order valence-corrected chi connectivity index (χ1v) is 8.07. The van der Waals surface area contributed by atoms with Crippen molar-refractivity contribution in [2.45, 2.75) is 44.9 Å². The lowest BCUT2D eigenvalue weighted by molar-refractivity contribution is 0.0504. The van der Waals surface area contributed by atoms with Crippen LogP contribution in [0.25, 0.3) is 0 Å². The number of amides is 1. The van der Waals surface area contributed by atoms with Crippen molar-refractivity contribution in [1.29, 1.82) is 0 Å². The van der Waals surface area contributed by atoms with Gasteiger partial charge in [-0.3, -0.25) is 4.90 Å². The number of ether oxygens (including phenoxy) is 1. The molecule has 2 atom stereocenters. The first kappa shape index (κ1) is 17.6. The second-order valence-corrected chi connectivity index (χ2v) is 7.04. The second kappa shape index (κ2) is 7.19. The fraction of sp³-hybridized carbons (Fsp3) is 0.588. The normalized spacial score (nSPS) is 20.3. The number of benzene rings is 1. The number of anilines is 1. The van der Waals surface area contributed by atoms with Crippen molar-refractivity contribution >= 4 is 11.8 Å². The summed E-state index contributed by atoms with van der Waals surface area (Å²) in [6.07, 6.45) is 0.534. The highest BCUT2D eigenvalue weighted by Gasteiger charge is 2.30. The van der Waals surface area contributed by atoms with Gasteiger partial charge in [0.1, 0.15) is 5.60 Å². The largest absolute Gasteiger partial charge is 0.444 e. The summed E-state index contributed by atoms with van der Waals surface area (Å²) < 4.78 is 5.31. The Balaban J connectivity index is 1.93. The number of nitrogens with one attached hydrogen (secondary N) is 1. The molecule has 1 aromatic rings. The van der Waals surface area contributed by atoms with E-state index in [0.29, 0.717) is 6.54 Å². The zero-order valence-electron chi connectivity index (χ0n) is 14.2. The van der Waals surface area contributed by atoms with Crippen molar-refractivity contribution in [3.8, 4) is 0 Å². The summed E-state index contributed by atoms with van der Waals surface area (Å²) in [5.41, 5.74) is 13.1. The lowest BCUT2D eigenvalue weighted by Gasteiger charge is -2.27. The third kappa shape index (κ3) is 5.11. The van der Waals surface area contributed by atoms with Gasteiger partial charge in [0.25, 0.3) is 0 Å². The number of nitrogens with two attached hydrogens (primary N) is 2. The lowest BCUT2D eigenvalue weighted by Crippen LogP contribution is -2.41. The van der Waals surface area contributed by atoms with Gasteiger partial charge in [-0.2, -0.15) is 0 Å². The molecule has 1 aromatic carbocycles. The van der Waals surface area contributed by atoms with Gasteiger partial charge in [-0.15, -0.1) is 0 Å². The van der Waals surface area contributed by atoms with Crippen LogP contribution in [-0.4, -0.2) is 42.3 Å². The molecule has 1 amide bonds. The van der Waals surface area contributed by atoms with E-state index >= 15 is 0 Å². The topological polar surface area (TPSA) is 93.6 Å². The van der Waals surface area contributed by atoms with Gasteiger partial charge in [0, 0.05) is 37.4 Å². The SMILES string of the molecule is CC(C)(C)OC(=O)N[C@H]1CCN([C@@H](CN)c2ccc(N)cc2)C1. The highest BCUT2D eigenvalue weighted by molar-refractivity contribution is 5.68. The van der Waals surface area contributed by atoms with Gasteiger partial charge in [-0.1, -0.05) is 12.1 Å². The van der Waals surface area contributed by atoms with E-state index in [2.05, 4.69) is 10.2 Å². The smallest absolute Gasteiger partial charge is 0.407 e. The van der Waals surface area contributed by atoms with Crippen LogP contribution in [-0.2, 0) is 4.74 Å². The molecule has 0 unspecified atom stereocenters. The van der Waals surface area contributed by atoms with E-state index < -0.39 is 5.60 Å². The van der Waals surface area contributed by atoms with Crippen LogP contribution in [0.5, 0.6) is 0 Å². The summed E-state index contributed by atoms with van der Waals surface area (Å²) in [5, 5.41) is 2.94. The highest BCUT2D eigenvalue weighted by Crippen LogP contribution is 2.25. The monoisotopic (exact) mass is 320 g/mol. The molecule has 23 heavy (non-hydrogen) atoms. The fourth-order valence-corrected chi connectivity index (χ4v) is 2.88. The highest BCUT2D eigenvalue weighted by atomic mass is 16.6. The molecule has 2 rings (SSSR count). The van der Waals surface area contributed by atoms with Gasteiger partial charge in [-0.25, -0.2) is 4.79 Å². The summed E-state index contributed by atoms with van der Waals surface area (Å²) in [5.74, 6) is 0. The van der Waals surface area contributed by atoms with E-state index in [1.165, 1.54) is 0 Å². The number of hydrogen-bond acceptors (Lipinski definition) is 5. The zero-order chi connectivity index (χ0) is 17.0. The zero-order valence-corrected chi connectivity index (χ0v) is 14.2. The molecule has 0 radical (unpaired) electrons. The second-order valence-electron chi connectivity index (χ2n) is 7.04. The molecule has 128 valence electrons. The summed E-state index contributed by atoms with van der Waals surface area (Å²) >= 11 is 0. The molecule has 1 heterocycles. The van der Waals surface area contributed by atoms with Crippen LogP contribution in [0.15, 0.2) is 24.3 Å². The Bertz CT molecular complexity index is 524. The van der Waals surface area contributed by atoms with Gasteiger partial charge in [0.15, 0.2) is 0 Å². The van der Waals surface area contributed by atoms with E-state index in [1.807, 2.05) is 45.0 Å². The third-order valence-electron chi connectivity index (χ3n) is 3.93. The molecule has 0 aliphatic carbocycles. The number of nitrogen functional groups attached to an aromatic ring is 1. The van der Waals surface area contributed by atoms with E-state index in [9.17, 15) is 4.79 Å².